The van der Waals surface area contributed by atoms with Gasteiger partial charge in [-0.3, -0.25) is 9.69 Å². The number of aromatic nitrogens is 1. The molecule has 51 heavy (non-hydrogen) atoms. The number of carboxylic acid groups (broad SMARTS) is 1. The van der Waals surface area contributed by atoms with E-state index in [1.165, 1.54) is 21.9 Å². The van der Waals surface area contributed by atoms with Crippen molar-refractivity contribution in [3.8, 4) is 5.88 Å². The number of fused-ring (bicyclic) bond motifs is 1. The van der Waals surface area contributed by atoms with Gasteiger partial charge in [-0.15, -0.1) is 0 Å². The molecule has 15 heteroatoms. The number of anilines is 1. The van der Waals surface area contributed by atoms with E-state index in [2.05, 4.69) is 4.98 Å². The highest BCUT2D eigenvalue weighted by atomic mass is 16.7. The van der Waals surface area contributed by atoms with Crippen molar-refractivity contribution < 1.29 is 53.5 Å². The number of aliphatic hydroxyl groups excluding tert-OH is 3. The van der Waals surface area contributed by atoms with Gasteiger partial charge in [-0.1, -0.05) is 36.4 Å². The number of hydrogen-bond acceptors (Lipinski definition) is 12. The Bertz CT molecular complexity index is 2030. The van der Waals surface area contributed by atoms with Crippen LogP contribution < -0.4 is 4.90 Å². The van der Waals surface area contributed by atoms with E-state index in [1.54, 1.807) is 37.4 Å². The maximum absolute atomic E-state index is 13.1. The van der Waals surface area contributed by atoms with Crippen LogP contribution in [0.3, 0.4) is 0 Å². The van der Waals surface area contributed by atoms with Crippen molar-refractivity contribution in [2.24, 2.45) is 4.99 Å². The fourth-order valence-corrected chi connectivity index (χ4v) is 5.96. The van der Waals surface area contributed by atoms with Crippen LogP contribution in [-0.2, 0) is 19.1 Å². The first kappa shape index (κ1) is 31.8. The third-order valence-corrected chi connectivity index (χ3v) is 8.92. The lowest BCUT2D eigenvalue weighted by Crippen LogP contribution is -2.60. The third kappa shape index (κ3) is 7.63. The van der Waals surface area contributed by atoms with Gasteiger partial charge in [0.1, 0.15) is 18.3 Å². The number of piperazine rings is 1. The zero-order chi connectivity index (χ0) is 38.9. The van der Waals surface area contributed by atoms with Gasteiger partial charge in [0, 0.05) is 59.5 Å². The molecule has 1 amide bonds. The smallest absolute Gasteiger partial charge is 0.340 e. The number of aromatic amines is 1. The average molecular weight is 706 g/mol. The predicted octanol–water partition coefficient (Wildman–Crippen LogP) is 1.30. The van der Waals surface area contributed by atoms with Crippen LogP contribution in [0, 0.1) is 0 Å². The molecule has 0 bridgehead atoms. The minimum Gasteiger partial charge on any atom is -0.494 e. The highest BCUT2D eigenvalue weighted by molar-refractivity contribution is 6.22. The van der Waals surface area contributed by atoms with Crippen LogP contribution in [0.2, 0.25) is 0 Å². The van der Waals surface area contributed by atoms with Gasteiger partial charge in [0.05, 0.1) is 29.1 Å². The van der Waals surface area contributed by atoms with Crippen molar-refractivity contribution in [2.45, 2.75) is 30.7 Å². The molecule has 6 rings (SSSR count). The zero-order valence-electron chi connectivity index (χ0n) is 30.4. The van der Waals surface area contributed by atoms with Crippen LogP contribution in [0.1, 0.15) is 25.6 Å². The second-order valence-corrected chi connectivity index (χ2v) is 12.3. The Balaban J connectivity index is 1.21. The van der Waals surface area contributed by atoms with Crippen LogP contribution in [0.15, 0.2) is 77.8 Å². The van der Waals surface area contributed by atoms with Gasteiger partial charge in [0.25, 0.3) is 0 Å². The number of nitrogens with zero attached hydrogens (tertiary/aromatic N) is 4. The zero-order valence-corrected chi connectivity index (χ0v) is 27.4. The molecule has 0 spiro atoms. The van der Waals surface area contributed by atoms with E-state index >= 15 is 0 Å². The molecule has 4 aromatic rings. The Morgan fingerprint density at radius 3 is 2.33 bits per heavy atom. The summed E-state index contributed by atoms with van der Waals surface area (Å²) in [7, 11) is 1.66. The van der Waals surface area contributed by atoms with Crippen molar-refractivity contribution in [1.29, 1.82) is 0 Å². The highest BCUT2D eigenvalue weighted by Gasteiger charge is 2.48. The normalized spacial score (nSPS) is 24.4. The molecule has 1 aromatic heterocycles. The first-order chi connectivity index (χ1) is 25.6. The molecule has 0 unspecified atom stereocenters. The Kier molecular flexibility index (Phi) is 9.34. The predicted molar refractivity (Wildman–Crippen MR) is 185 cm³/mol. The molecule has 15 nitrogen and oxygen atoms in total. The lowest BCUT2D eigenvalue weighted by atomic mass is 9.99. The Hall–Kier alpha value is -5.16. The molecule has 0 aliphatic carbocycles. The number of aliphatic carboxylic acids is 1. The summed E-state index contributed by atoms with van der Waals surface area (Å²) in [6.45, 7) is -0.399. The summed E-state index contributed by atoms with van der Waals surface area (Å²) < 4.78 is 33.0. The maximum Gasteiger partial charge on any atom is 0.340 e. The summed E-state index contributed by atoms with van der Waals surface area (Å²) in [5.41, 5.74) is 2.72. The maximum atomic E-state index is 13.1. The molecule has 6 N–H and O–H groups in total. The largest absolute Gasteiger partial charge is 0.494 e. The summed E-state index contributed by atoms with van der Waals surface area (Å²) in [4.78, 5) is 50.2. The summed E-state index contributed by atoms with van der Waals surface area (Å²) in [5.74, 6) is -3.08. The standard InChI is InChI=1S/C36H39N5O10/c1-39-14-16-41(17-15-39)19-26(42)40(2)23-11-9-22(10-12-23)37-28(20-6-4-3-5-7-20)27-24-13-8-21(18-25(24)38-33(27)46)35(49)51-36-31(45)29(43)30(44)32(50-36)34(47)48/h3-13,18,29-32,36,38,43-46H,14-17,19H2,1-2H3,(H,47,48)/t29-,30-,31+,32-,36-/m0/s1/i1+1D3. The van der Waals surface area contributed by atoms with Crippen molar-refractivity contribution in [3.05, 3.63) is 89.5 Å². The first-order valence-corrected chi connectivity index (χ1v) is 16.1. The number of ether oxygens (including phenoxy) is 2. The van der Waals surface area contributed by atoms with E-state index in [-0.39, 0.29) is 23.9 Å². The number of carbonyl (C=O) groups is 3. The Morgan fingerprint density at radius 1 is 0.961 bits per heavy atom. The van der Waals surface area contributed by atoms with E-state index in [0.29, 0.717) is 65.3 Å². The Morgan fingerprint density at radius 2 is 1.67 bits per heavy atom. The molecule has 2 fully saturated rings. The number of likely N-dealkylation sites (N-methyl/N-ethyl adjacent to an activating group) is 2. The van der Waals surface area contributed by atoms with Crippen molar-refractivity contribution in [3.63, 3.8) is 0 Å². The molecule has 268 valence electrons. The van der Waals surface area contributed by atoms with Gasteiger partial charge < -0.3 is 49.8 Å². The van der Waals surface area contributed by atoms with Crippen molar-refractivity contribution in [2.75, 3.05) is 51.6 Å². The number of hydrogen-bond donors (Lipinski definition) is 6. The minimum atomic E-state index is -2.16. The number of nitrogens with one attached hydrogen (secondary N) is 1. The Labute approximate surface area is 296 Å². The summed E-state index contributed by atoms with van der Waals surface area (Å²) in [5, 5.41) is 51.2. The number of amides is 1. The number of aromatic hydroxyl groups is 1. The molecule has 3 heterocycles. The number of esters is 1. The van der Waals surface area contributed by atoms with Crippen LogP contribution in [0.5, 0.6) is 5.88 Å². The van der Waals surface area contributed by atoms with Gasteiger partial charge in [-0.05, 0) is 43.4 Å². The molecule has 0 saturated carbocycles. The van der Waals surface area contributed by atoms with Gasteiger partial charge in [0.2, 0.25) is 12.2 Å². The van der Waals surface area contributed by atoms with E-state index in [4.69, 9.17) is 18.6 Å². The number of rotatable bonds is 9. The average Bonchev–Trinajstić information content (AvgIpc) is 3.48. The summed E-state index contributed by atoms with van der Waals surface area (Å²) in [6.07, 6.45) is -9.69. The number of benzene rings is 3. The molecule has 2 saturated heterocycles. The summed E-state index contributed by atoms with van der Waals surface area (Å²) >= 11 is 0. The molecular formula is C36H39N5O10. The van der Waals surface area contributed by atoms with Gasteiger partial charge in [0.15, 0.2) is 12.0 Å². The fourth-order valence-electron chi connectivity index (χ4n) is 5.96. The monoisotopic (exact) mass is 705 g/mol. The fraction of sp³-hybridized carbons (Fsp3) is 0.333. The van der Waals surface area contributed by atoms with E-state index in [1.807, 2.05) is 35.2 Å². The van der Waals surface area contributed by atoms with Gasteiger partial charge in [-0.2, -0.15) is 0 Å². The number of carboxylic acids is 1. The summed E-state index contributed by atoms with van der Waals surface area (Å²) in [6, 6.07) is 20.3. The van der Waals surface area contributed by atoms with Crippen LogP contribution in [0.4, 0.5) is 11.4 Å². The minimum absolute atomic E-state index is 0.0658. The molecule has 5 atom stereocenters. The molecule has 2 aliphatic rings. The van der Waals surface area contributed by atoms with Gasteiger partial charge in [-0.25, -0.2) is 14.6 Å². The topological polar surface area (TPSA) is 209 Å². The second-order valence-electron chi connectivity index (χ2n) is 12.3. The van der Waals surface area contributed by atoms with Crippen LogP contribution >= 0.6 is 0 Å². The molecule has 2 aliphatic heterocycles. The quantitative estimate of drug-likeness (QED) is 0.0828. The van der Waals surface area contributed by atoms with Crippen molar-refractivity contribution >= 4 is 45.8 Å². The molecule has 3 aromatic carbocycles. The van der Waals surface area contributed by atoms with Crippen molar-refractivity contribution in [1.82, 2.24) is 14.8 Å². The number of carbonyl (C=O) groups excluding carboxylic acids is 2. The lowest BCUT2D eigenvalue weighted by molar-refractivity contribution is -0.278. The van der Waals surface area contributed by atoms with E-state index < -0.39 is 49.6 Å². The second kappa shape index (κ2) is 15.0. The van der Waals surface area contributed by atoms with Crippen LogP contribution in [0.25, 0.3) is 10.9 Å². The molecule has 0 radical (unpaired) electrons. The lowest BCUT2D eigenvalue weighted by Gasteiger charge is -2.37. The SMILES string of the molecule is [2H][13C]([2H])([2H])N1CCN(CC(=O)N(C)c2ccc(N=C(c3ccccc3)c3c(O)[nH]c4cc(C(=O)O[C@@H]5O[C@H](C(=O)O)[C@@H](O)[C@H](O)[C@H]5O)ccc34)cc2)CC1. The number of H-pyrrole nitrogens is 1. The van der Waals surface area contributed by atoms with E-state index in [9.17, 15) is 39.9 Å². The first-order valence-electron chi connectivity index (χ1n) is 17.6. The number of aliphatic hydroxyl groups is 3. The van der Waals surface area contributed by atoms with E-state index in [0.717, 1.165) is 0 Å². The number of aliphatic imine (C=N–C) groups is 1. The van der Waals surface area contributed by atoms with Gasteiger partial charge >= 0.3 is 11.9 Å². The van der Waals surface area contributed by atoms with Crippen LogP contribution in [-0.4, -0.2) is 141 Å². The third-order valence-electron chi connectivity index (χ3n) is 8.92. The highest BCUT2D eigenvalue weighted by Crippen LogP contribution is 2.33. The molecular weight excluding hydrogens is 663 g/mol.